The Labute approximate surface area is 78.4 Å². The molecule has 0 aromatic carbocycles. The Kier molecular flexibility index (Phi) is 2.51. The number of thiazole rings is 1. The van der Waals surface area contributed by atoms with Crippen molar-refractivity contribution in [2.45, 2.75) is 19.3 Å². The van der Waals surface area contributed by atoms with Gasteiger partial charge in [-0.05, 0) is 6.92 Å². The smallest absolute Gasteiger partial charge is 0.236 e. The molecule has 0 aliphatic rings. The molecule has 0 saturated heterocycles. The first-order valence-electron chi connectivity index (χ1n) is 3.24. The van der Waals surface area contributed by atoms with E-state index in [0.717, 1.165) is 6.92 Å². The first-order chi connectivity index (χ1) is 6.12. The molecule has 0 aliphatic carbocycles. The molecular weight excluding hydrogens is 232 g/mol. The fourth-order valence-electron chi connectivity index (χ4n) is 0.811. The molecular formula is C6H3F6NS. The topological polar surface area (TPSA) is 12.9 Å². The fourth-order valence-corrected chi connectivity index (χ4v) is 1.62. The molecule has 1 rings (SSSR count). The first kappa shape index (κ1) is 11.3. The third-order valence-electron chi connectivity index (χ3n) is 1.26. The number of aromatic nitrogens is 1. The van der Waals surface area contributed by atoms with E-state index in [2.05, 4.69) is 4.98 Å². The van der Waals surface area contributed by atoms with Gasteiger partial charge in [0.25, 0.3) is 0 Å². The van der Waals surface area contributed by atoms with Crippen molar-refractivity contribution in [3.8, 4) is 0 Å². The van der Waals surface area contributed by atoms with Crippen molar-refractivity contribution in [3.05, 3.63) is 15.6 Å². The van der Waals surface area contributed by atoms with E-state index in [0.29, 0.717) is 0 Å². The van der Waals surface area contributed by atoms with Crippen molar-refractivity contribution in [1.82, 2.24) is 4.98 Å². The second-order valence-corrected chi connectivity index (χ2v) is 3.61. The van der Waals surface area contributed by atoms with Crippen LogP contribution in [0.3, 0.4) is 0 Å². The standard InChI is InChI=1S/C6H3F6NS/c1-2-13-3(5(7,8)9)4(14-2)6(10,11)12/h1H3. The highest BCUT2D eigenvalue weighted by molar-refractivity contribution is 7.11. The summed E-state index contributed by atoms with van der Waals surface area (Å²) in [6.07, 6.45) is -10.1. The van der Waals surface area contributed by atoms with Gasteiger partial charge in [0.05, 0.1) is 5.01 Å². The van der Waals surface area contributed by atoms with E-state index < -0.39 is 22.9 Å². The lowest BCUT2D eigenvalue weighted by atomic mass is 10.3. The van der Waals surface area contributed by atoms with Crippen LogP contribution in [0.25, 0.3) is 0 Å². The monoisotopic (exact) mass is 235 g/mol. The Morgan fingerprint density at radius 3 is 1.79 bits per heavy atom. The molecule has 0 amide bonds. The molecule has 1 aromatic heterocycles. The second kappa shape index (κ2) is 3.11. The van der Waals surface area contributed by atoms with Crippen LogP contribution in [-0.2, 0) is 12.4 Å². The number of halogens is 6. The molecule has 0 N–H and O–H groups in total. The van der Waals surface area contributed by atoms with Crippen molar-refractivity contribution in [1.29, 1.82) is 0 Å². The second-order valence-electron chi connectivity index (χ2n) is 2.41. The maximum Gasteiger partial charge on any atom is 0.434 e. The normalized spacial score (nSPS) is 13.4. The molecule has 1 heterocycles. The lowest BCUT2D eigenvalue weighted by Crippen LogP contribution is -2.14. The molecule has 0 radical (unpaired) electrons. The van der Waals surface area contributed by atoms with Crippen LogP contribution in [0.1, 0.15) is 15.6 Å². The van der Waals surface area contributed by atoms with Crippen LogP contribution in [0.5, 0.6) is 0 Å². The predicted molar refractivity (Wildman–Crippen MR) is 36.9 cm³/mol. The van der Waals surface area contributed by atoms with Crippen LogP contribution >= 0.6 is 11.3 Å². The van der Waals surface area contributed by atoms with E-state index in [-0.39, 0.29) is 16.3 Å². The average Bonchev–Trinajstić information content (AvgIpc) is 2.27. The maximum atomic E-state index is 12.1. The fraction of sp³-hybridized carbons (Fsp3) is 0.500. The van der Waals surface area contributed by atoms with Gasteiger partial charge in [0.2, 0.25) is 0 Å². The van der Waals surface area contributed by atoms with Crippen LogP contribution in [0.4, 0.5) is 26.3 Å². The predicted octanol–water partition coefficient (Wildman–Crippen LogP) is 3.49. The molecule has 80 valence electrons. The highest BCUT2D eigenvalue weighted by Crippen LogP contribution is 2.42. The largest absolute Gasteiger partial charge is 0.434 e. The Hall–Kier alpha value is -0.790. The zero-order valence-corrected chi connectivity index (χ0v) is 7.44. The molecule has 0 atom stereocenters. The number of alkyl halides is 6. The van der Waals surface area contributed by atoms with Gasteiger partial charge in [-0.2, -0.15) is 26.3 Å². The van der Waals surface area contributed by atoms with Gasteiger partial charge in [-0.15, -0.1) is 11.3 Å². The molecule has 0 saturated carbocycles. The number of nitrogens with zero attached hydrogens (tertiary/aromatic N) is 1. The first-order valence-corrected chi connectivity index (χ1v) is 4.06. The number of hydrogen-bond donors (Lipinski definition) is 0. The molecule has 0 bridgehead atoms. The van der Waals surface area contributed by atoms with Crippen molar-refractivity contribution < 1.29 is 26.3 Å². The van der Waals surface area contributed by atoms with Crippen molar-refractivity contribution in [2.75, 3.05) is 0 Å². The third kappa shape index (κ3) is 2.17. The highest BCUT2D eigenvalue weighted by Gasteiger charge is 2.46. The molecule has 14 heavy (non-hydrogen) atoms. The number of aryl methyl sites for hydroxylation is 1. The molecule has 0 fully saturated rings. The third-order valence-corrected chi connectivity index (χ3v) is 2.28. The van der Waals surface area contributed by atoms with Crippen molar-refractivity contribution in [2.24, 2.45) is 0 Å². The van der Waals surface area contributed by atoms with Gasteiger partial charge in [0, 0.05) is 0 Å². The summed E-state index contributed by atoms with van der Waals surface area (Å²) in [6, 6.07) is 0. The summed E-state index contributed by atoms with van der Waals surface area (Å²) in [5.41, 5.74) is -1.85. The summed E-state index contributed by atoms with van der Waals surface area (Å²) in [6.45, 7) is 1.09. The minimum atomic E-state index is -5.06. The lowest BCUT2D eigenvalue weighted by molar-refractivity contribution is -0.162. The average molecular weight is 235 g/mol. The van der Waals surface area contributed by atoms with E-state index in [9.17, 15) is 26.3 Å². The van der Waals surface area contributed by atoms with Gasteiger partial charge < -0.3 is 0 Å². The van der Waals surface area contributed by atoms with E-state index >= 15 is 0 Å². The van der Waals surface area contributed by atoms with Gasteiger partial charge >= 0.3 is 12.4 Å². The molecule has 0 spiro atoms. The van der Waals surface area contributed by atoms with Gasteiger partial charge in [-0.1, -0.05) is 0 Å². The van der Waals surface area contributed by atoms with Gasteiger partial charge in [-0.3, -0.25) is 0 Å². The Balaban J connectivity index is 3.31. The van der Waals surface area contributed by atoms with Crippen LogP contribution in [0.2, 0.25) is 0 Å². The summed E-state index contributed by atoms with van der Waals surface area (Å²) in [5, 5.41) is -0.260. The van der Waals surface area contributed by atoms with E-state index in [1.807, 2.05) is 0 Å². The molecule has 1 aromatic rings. The molecule has 0 aliphatic heterocycles. The van der Waals surface area contributed by atoms with Crippen LogP contribution in [-0.4, -0.2) is 4.98 Å². The zero-order chi connectivity index (χ0) is 11.1. The summed E-state index contributed by atoms with van der Waals surface area (Å²) in [4.78, 5) is 1.13. The van der Waals surface area contributed by atoms with Crippen LogP contribution < -0.4 is 0 Å². The zero-order valence-electron chi connectivity index (χ0n) is 6.62. The summed E-state index contributed by atoms with van der Waals surface area (Å²) < 4.78 is 72.3. The lowest BCUT2D eigenvalue weighted by Gasteiger charge is -2.08. The van der Waals surface area contributed by atoms with E-state index in [1.165, 1.54) is 0 Å². The Morgan fingerprint density at radius 1 is 1.00 bits per heavy atom. The summed E-state index contributed by atoms with van der Waals surface area (Å²) in [5.74, 6) is 0. The van der Waals surface area contributed by atoms with Gasteiger partial charge in [0.15, 0.2) is 5.69 Å². The highest BCUT2D eigenvalue weighted by atomic mass is 32.1. The summed E-state index contributed by atoms with van der Waals surface area (Å²) >= 11 is -0.00794. The SMILES string of the molecule is Cc1nc(C(F)(F)F)c(C(F)(F)F)s1. The number of rotatable bonds is 0. The summed E-state index contributed by atoms with van der Waals surface area (Å²) in [7, 11) is 0. The van der Waals surface area contributed by atoms with Crippen LogP contribution in [0.15, 0.2) is 0 Å². The van der Waals surface area contributed by atoms with Crippen LogP contribution in [0, 0.1) is 6.92 Å². The molecule has 1 nitrogen and oxygen atoms in total. The van der Waals surface area contributed by atoms with Crippen molar-refractivity contribution in [3.63, 3.8) is 0 Å². The number of hydrogen-bond acceptors (Lipinski definition) is 2. The molecule has 8 heteroatoms. The van der Waals surface area contributed by atoms with E-state index in [1.54, 1.807) is 0 Å². The van der Waals surface area contributed by atoms with E-state index in [4.69, 9.17) is 0 Å². The Morgan fingerprint density at radius 2 is 1.50 bits per heavy atom. The maximum absolute atomic E-state index is 12.1. The minimum absolute atomic E-state index is 0.00794. The van der Waals surface area contributed by atoms with Crippen molar-refractivity contribution >= 4 is 11.3 Å². The quantitative estimate of drug-likeness (QED) is 0.627. The van der Waals surface area contributed by atoms with Gasteiger partial charge in [0.1, 0.15) is 4.88 Å². The Bertz CT molecular complexity index is 304. The molecule has 0 unspecified atom stereocenters. The van der Waals surface area contributed by atoms with Gasteiger partial charge in [-0.25, -0.2) is 4.98 Å². The minimum Gasteiger partial charge on any atom is -0.236 e.